The van der Waals surface area contributed by atoms with Crippen LogP contribution in [0.2, 0.25) is 0 Å². The van der Waals surface area contributed by atoms with Gasteiger partial charge in [0.05, 0.1) is 17.1 Å². The maximum absolute atomic E-state index is 13.5. The Bertz CT molecular complexity index is 1250. The van der Waals surface area contributed by atoms with Gasteiger partial charge < -0.3 is 5.32 Å². The lowest BCUT2D eigenvalue weighted by Crippen LogP contribution is -2.41. The van der Waals surface area contributed by atoms with Gasteiger partial charge in [-0.25, -0.2) is 13.1 Å². The van der Waals surface area contributed by atoms with Crippen molar-refractivity contribution < 1.29 is 13.2 Å². The lowest BCUT2D eigenvalue weighted by Gasteiger charge is -2.30. The first-order valence-corrected chi connectivity index (χ1v) is 12.6. The van der Waals surface area contributed by atoms with Crippen LogP contribution in [0, 0.1) is 33.6 Å². The Kier molecular flexibility index (Phi) is 6.41. The van der Waals surface area contributed by atoms with Gasteiger partial charge in [0.2, 0.25) is 15.9 Å². The summed E-state index contributed by atoms with van der Waals surface area (Å²) in [6.45, 7) is 8.12. The maximum Gasteiger partial charge on any atom is 0.246 e. The highest BCUT2D eigenvalue weighted by molar-refractivity contribution is 7.89. The zero-order valence-corrected chi connectivity index (χ0v) is 20.3. The van der Waals surface area contributed by atoms with E-state index in [1.54, 1.807) is 18.5 Å². The molecular formula is C25H30N4O3S. The predicted molar refractivity (Wildman–Crippen MR) is 129 cm³/mol. The third-order valence-electron chi connectivity index (χ3n) is 6.14. The number of carbonyl (C=O) groups is 1. The van der Waals surface area contributed by atoms with Crippen LogP contribution in [0.15, 0.2) is 53.4 Å². The smallest absolute Gasteiger partial charge is 0.246 e. The first-order valence-electron chi connectivity index (χ1n) is 11.2. The van der Waals surface area contributed by atoms with E-state index in [9.17, 15) is 13.2 Å². The fraction of sp³-hybridized carbons (Fsp3) is 0.360. The van der Waals surface area contributed by atoms with Gasteiger partial charge in [-0.3, -0.25) is 4.79 Å². The largest absolute Gasteiger partial charge is 0.326 e. The average Bonchev–Trinajstić information content (AvgIpc) is 3.08. The minimum Gasteiger partial charge on any atom is -0.326 e. The topological polar surface area (TPSA) is 84.3 Å². The van der Waals surface area contributed by atoms with Crippen molar-refractivity contribution in [3.8, 4) is 5.69 Å². The van der Waals surface area contributed by atoms with E-state index in [4.69, 9.17) is 0 Å². The zero-order valence-electron chi connectivity index (χ0n) is 19.5. The molecule has 1 fully saturated rings. The fourth-order valence-corrected chi connectivity index (χ4v) is 6.42. The first kappa shape index (κ1) is 23.2. The summed E-state index contributed by atoms with van der Waals surface area (Å²) in [6.07, 6.45) is 0.974. The average molecular weight is 467 g/mol. The van der Waals surface area contributed by atoms with Crippen molar-refractivity contribution in [1.82, 2.24) is 14.1 Å². The summed E-state index contributed by atoms with van der Waals surface area (Å²) in [5, 5.41) is 7.49. The van der Waals surface area contributed by atoms with Gasteiger partial charge >= 0.3 is 0 Å². The van der Waals surface area contributed by atoms with Gasteiger partial charge in [0.1, 0.15) is 4.90 Å². The van der Waals surface area contributed by atoms with Gasteiger partial charge in [0.25, 0.3) is 0 Å². The maximum atomic E-state index is 13.5. The van der Waals surface area contributed by atoms with Crippen molar-refractivity contribution in [2.24, 2.45) is 5.92 Å². The van der Waals surface area contributed by atoms with Crippen molar-refractivity contribution in [2.45, 2.75) is 45.4 Å². The number of nitrogens with zero attached hydrogens (tertiary/aromatic N) is 3. The summed E-state index contributed by atoms with van der Waals surface area (Å²) in [4.78, 5) is 13.0. The minimum absolute atomic E-state index is 0.0543. The van der Waals surface area contributed by atoms with Crippen molar-refractivity contribution >= 4 is 21.6 Å². The molecule has 7 nitrogen and oxygen atoms in total. The highest BCUT2D eigenvalue weighted by Crippen LogP contribution is 2.29. The quantitative estimate of drug-likeness (QED) is 0.612. The molecule has 0 unspecified atom stereocenters. The van der Waals surface area contributed by atoms with E-state index in [-0.39, 0.29) is 16.7 Å². The van der Waals surface area contributed by atoms with Crippen molar-refractivity contribution in [2.75, 3.05) is 18.4 Å². The van der Waals surface area contributed by atoms with Crippen molar-refractivity contribution in [3.05, 3.63) is 71.0 Å². The number of sulfonamides is 1. The molecule has 0 radical (unpaired) electrons. The summed E-state index contributed by atoms with van der Waals surface area (Å²) >= 11 is 0. The number of aromatic nitrogens is 2. The summed E-state index contributed by atoms with van der Waals surface area (Å²) < 4.78 is 30.1. The Morgan fingerprint density at radius 1 is 0.970 bits per heavy atom. The van der Waals surface area contributed by atoms with Gasteiger partial charge in [-0.2, -0.15) is 9.40 Å². The molecule has 174 valence electrons. The van der Waals surface area contributed by atoms with Crippen LogP contribution in [-0.2, 0) is 14.8 Å². The number of nitrogens with one attached hydrogen (secondary N) is 1. The second kappa shape index (κ2) is 9.11. The van der Waals surface area contributed by atoms with Gasteiger partial charge in [-0.1, -0.05) is 24.3 Å². The number of rotatable bonds is 5. The molecule has 1 aliphatic heterocycles. The lowest BCUT2D eigenvalue weighted by molar-refractivity contribution is -0.120. The highest BCUT2D eigenvalue weighted by Gasteiger charge is 2.35. The highest BCUT2D eigenvalue weighted by atomic mass is 32.2. The number of para-hydroxylation sites is 1. The van der Waals surface area contributed by atoms with Crippen LogP contribution >= 0.6 is 0 Å². The van der Waals surface area contributed by atoms with Crippen LogP contribution in [0.4, 0.5) is 5.69 Å². The molecule has 0 saturated carbocycles. The molecule has 1 amide bonds. The normalized spacial score (nSPS) is 15.5. The summed E-state index contributed by atoms with van der Waals surface area (Å²) in [7, 11) is -3.71. The molecule has 4 rings (SSSR count). The van der Waals surface area contributed by atoms with Gasteiger partial charge in [0, 0.05) is 24.7 Å². The van der Waals surface area contributed by atoms with Crippen LogP contribution in [0.3, 0.4) is 0 Å². The van der Waals surface area contributed by atoms with Crippen LogP contribution in [0.25, 0.3) is 5.69 Å². The molecule has 1 N–H and O–H groups in total. The number of anilines is 1. The number of aryl methyl sites for hydroxylation is 3. The molecule has 0 bridgehead atoms. The van der Waals surface area contributed by atoms with Gasteiger partial charge in [-0.05, 0) is 75.9 Å². The molecule has 8 heteroatoms. The Labute approximate surface area is 195 Å². The standard InChI is InChI=1S/C25H30N4O3S/c1-17-14-18(2)16-22(15-17)26-25(30)21-10-12-28(13-11-21)33(31,32)24-19(3)27-29(20(24)4)23-8-6-5-7-9-23/h5-9,14-16,21H,10-13H2,1-4H3,(H,26,30). The molecule has 0 aliphatic carbocycles. The van der Waals surface area contributed by atoms with E-state index in [1.165, 1.54) is 4.31 Å². The number of benzene rings is 2. The Morgan fingerprint density at radius 2 is 1.58 bits per heavy atom. The molecule has 1 aliphatic rings. The monoisotopic (exact) mass is 466 g/mol. The number of hydrogen-bond donors (Lipinski definition) is 1. The van der Waals surface area contributed by atoms with E-state index in [1.807, 2.05) is 56.3 Å². The molecule has 2 aromatic carbocycles. The van der Waals surface area contributed by atoms with Crippen LogP contribution in [-0.4, -0.2) is 41.5 Å². The first-order chi connectivity index (χ1) is 15.7. The van der Waals surface area contributed by atoms with E-state index in [2.05, 4.69) is 16.5 Å². The molecule has 1 saturated heterocycles. The lowest BCUT2D eigenvalue weighted by atomic mass is 9.97. The molecule has 1 aromatic heterocycles. The molecule has 0 spiro atoms. The molecule has 3 aromatic rings. The van der Waals surface area contributed by atoms with E-state index >= 15 is 0 Å². The fourth-order valence-electron chi connectivity index (χ4n) is 4.60. The SMILES string of the molecule is Cc1cc(C)cc(NC(=O)C2CCN(S(=O)(=O)c3c(C)nn(-c4ccccc4)c3C)CC2)c1. The van der Waals surface area contributed by atoms with Crippen LogP contribution in [0.5, 0.6) is 0 Å². The van der Waals surface area contributed by atoms with E-state index in [0.717, 1.165) is 22.5 Å². The van der Waals surface area contributed by atoms with Gasteiger partial charge in [0.15, 0.2) is 0 Å². The molecule has 0 atom stereocenters. The Balaban J connectivity index is 1.47. The molecule has 2 heterocycles. The predicted octanol–water partition coefficient (Wildman–Crippen LogP) is 4.15. The third-order valence-corrected chi connectivity index (χ3v) is 8.29. The van der Waals surface area contributed by atoms with Crippen molar-refractivity contribution in [3.63, 3.8) is 0 Å². The Morgan fingerprint density at radius 3 is 2.18 bits per heavy atom. The van der Waals surface area contributed by atoms with Crippen LogP contribution < -0.4 is 5.32 Å². The summed E-state index contributed by atoms with van der Waals surface area (Å²) in [5.74, 6) is -0.271. The number of piperidine rings is 1. The molecular weight excluding hydrogens is 436 g/mol. The Hall–Kier alpha value is -2.97. The third kappa shape index (κ3) is 4.72. The summed E-state index contributed by atoms with van der Waals surface area (Å²) in [5.41, 5.74) is 4.86. The summed E-state index contributed by atoms with van der Waals surface area (Å²) in [6, 6.07) is 15.4. The zero-order chi connectivity index (χ0) is 23.8. The number of carbonyl (C=O) groups excluding carboxylic acids is 1. The van der Waals surface area contributed by atoms with E-state index in [0.29, 0.717) is 37.3 Å². The minimum atomic E-state index is -3.71. The molecule has 33 heavy (non-hydrogen) atoms. The number of amides is 1. The second-order valence-corrected chi connectivity index (χ2v) is 10.7. The van der Waals surface area contributed by atoms with E-state index < -0.39 is 10.0 Å². The van der Waals surface area contributed by atoms with Crippen molar-refractivity contribution in [1.29, 1.82) is 0 Å². The van der Waals surface area contributed by atoms with Gasteiger partial charge in [-0.15, -0.1) is 0 Å². The second-order valence-electron chi connectivity index (χ2n) is 8.79. The van der Waals surface area contributed by atoms with Crippen LogP contribution in [0.1, 0.15) is 35.4 Å². The number of hydrogen-bond acceptors (Lipinski definition) is 4.